The number of carbonyl (C=O) groups excluding carboxylic acids is 1. The van der Waals surface area contributed by atoms with Gasteiger partial charge in [0.25, 0.3) is 5.91 Å². The Balaban J connectivity index is 1.73. The van der Waals surface area contributed by atoms with Crippen LogP contribution in [0, 0.1) is 6.92 Å². The van der Waals surface area contributed by atoms with Crippen LogP contribution in [-0.2, 0) is 0 Å². The monoisotopic (exact) mass is 292 g/mol. The molecular formula is C14H16N2OS2. The van der Waals surface area contributed by atoms with Gasteiger partial charge in [-0.25, -0.2) is 4.98 Å². The van der Waals surface area contributed by atoms with Crippen LogP contribution in [0.2, 0.25) is 0 Å². The molecular weight excluding hydrogens is 276 g/mol. The quantitative estimate of drug-likeness (QED) is 0.848. The first-order valence-corrected chi connectivity index (χ1v) is 8.24. The molecule has 1 unspecified atom stereocenters. The Morgan fingerprint density at radius 1 is 1.53 bits per heavy atom. The molecule has 1 fully saturated rings. The maximum atomic E-state index is 12.4. The Hall–Kier alpha value is -1.20. The number of hydrogen-bond donors (Lipinski definition) is 0. The fraction of sp³-hybridized carbons (Fsp3) is 0.429. The van der Waals surface area contributed by atoms with E-state index in [1.54, 1.807) is 22.7 Å². The maximum Gasteiger partial charge on any atom is 0.254 e. The summed E-state index contributed by atoms with van der Waals surface area (Å²) >= 11 is 3.33. The molecule has 1 aliphatic rings. The zero-order chi connectivity index (χ0) is 13.2. The van der Waals surface area contributed by atoms with Crippen LogP contribution < -0.4 is 0 Å². The lowest BCUT2D eigenvalue weighted by Gasteiger charge is -2.31. The minimum atomic E-state index is 0.166. The third-order valence-electron chi connectivity index (χ3n) is 3.47. The predicted octanol–water partition coefficient (Wildman–Crippen LogP) is 3.53. The normalized spacial score (nSPS) is 19.6. The van der Waals surface area contributed by atoms with Crippen molar-refractivity contribution in [1.82, 2.24) is 9.88 Å². The van der Waals surface area contributed by atoms with Gasteiger partial charge in [0.1, 0.15) is 0 Å². The standard InChI is InChI=1S/C14H16N2OS2/c1-10-7-15-13(19-10)11-3-2-5-16(8-11)14(17)12-4-6-18-9-12/h4,6-7,9,11H,2-3,5,8H2,1H3. The number of thiazole rings is 1. The van der Waals surface area contributed by atoms with E-state index in [9.17, 15) is 4.79 Å². The molecule has 0 aliphatic carbocycles. The largest absolute Gasteiger partial charge is 0.338 e. The zero-order valence-electron chi connectivity index (χ0n) is 10.8. The van der Waals surface area contributed by atoms with E-state index >= 15 is 0 Å². The van der Waals surface area contributed by atoms with Gasteiger partial charge in [-0.1, -0.05) is 0 Å². The molecule has 100 valence electrons. The van der Waals surface area contributed by atoms with Gasteiger partial charge >= 0.3 is 0 Å². The summed E-state index contributed by atoms with van der Waals surface area (Å²) in [5, 5.41) is 5.07. The van der Waals surface area contributed by atoms with E-state index in [1.807, 2.05) is 27.9 Å². The molecule has 0 aromatic carbocycles. The number of rotatable bonds is 2. The first-order valence-electron chi connectivity index (χ1n) is 6.48. The molecule has 5 heteroatoms. The first kappa shape index (κ1) is 12.8. The van der Waals surface area contributed by atoms with Gasteiger partial charge in [-0.15, -0.1) is 11.3 Å². The van der Waals surface area contributed by atoms with E-state index in [-0.39, 0.29) is 5.91 Å². The number of likely N-dealkylation sites (tertiary alicyclic amines) is 1. The van der Waals surface area contributed by atoms with Gasteiger partial charge in [0, 0.05) is 35.5 Å². The summed E-state index contributed by atoms with van der Waals surface area (Å²) in [6, 6.07) is 1.91. The van der Waals surface area contributed by atoms with Crippen molar-refractivity contribution >= 4 is 28.6 Å². The fourth-order valence-corrected chi connectivity index (χ4v) is 4.02. The number of aromatic nitrogens is 1. The van der Waals surface area contributed by atoms with Gasteiger partial charge in [0.15, 0.2) is 0 Å². The number of thiophene rings is 1. The molecule has 2 aromatic rings. The van der Waals surface area contributed by atoms with E-state index in [0.29, 0.717) is 5.92 Å². The highest BCUT2D eigenvalue weighted by Gasteiger charge is 2.27. The third-order valence-corrected chi connectivity index (χ3v) is 5.22. The van der Waals surface area contributed by atoms with Gasteiger partial charge in [0.05, 0.1) is 10.6 Å². The lowest BCUT2D eigenvalue weighted by molar-refractivity contribution is 0.0707. The number of carbonyl (C=O) groups is 1. The van der Waals surface area contributed by atoms with Gasteiger partial charge < -0.3 is 4.90 Å². The van der Waals surface area contributed by atoms with Crippen LogP contribution in [0.5, 0.6) is 0 Å². The molecule has 0 saturated carbocycles. The second-order valence-electron chi connectivity index (χ2n) is 4.91. The molecule has 3 heterocycles. The Bertz CT molecular complexity index is 562. The van der Waals surface area contributed by atoms with Crippen molar-refractivity contribution in [2.75, 3.05) is 13.1 Å². The molecule has 3 nitrogen and oxygen atoms in total. The van der Waals surface area contributed by atoms with E-state index in [4.69, 9.17) is 0 Å². The molecule has 2 aromatic heterocycles. The lowest BCUT2D eigenvalue weighted by atomic mass is 9.98. The third kappa shape index (κ3) is 2.72. The summed E-state index contributed by atoms with van der Waals surface area (Å²) in [6.45, 7) is 3.76. The van der Waals surface area contributed by atoms with Crippen LogP contribution in [0.4, 0.5) is 0 Å². The summed E-state index contributed by atoms with van der Waals surface area (Å²) in [4.78, 5) is 20.1. The fourth-order valence-electron chi connectivity index (χ4n) is 2.49. The van der Waals surface area contributed by atoms with Crippen molar-refractivity contribution in [3.05, 3.63) is 38.5 Å². The minimum Gasteiger partial charge on any atom is -0.338 e. The van der Waals surface area contributed by atoms with Crippen LogP contribution in [0.3, 0.4) is 0 Å². The molecule has 1 aliphatic heterocycles. The Morgan fingerprint density at radius 3 is 3.11 bits per heavy atom. The highest BCUT2D eigenvalue weighted by Crippen LogP contribution is 2.30. The predicted molar refractivity (Wildman–Crippen MR) is 79.0 cm³/mol. The average Bonchev–Trinajstić information content (AvgIpc) is 3.09. The number of amides is 1. The maximum absolute atomic E-state index is 12.4. The van der Waals surface area contributed by atoms with Crippen molar-refractivity contribution in [2.45, 2.75) is 25.7 Å². The Morgan fingerprint density at radius 2 is 2.42 bits per heavy atom. The minimum absolute atomic E-state index is 0.166. The summed E-state index contributed by atoms with van der Waals surface area (Å²) in [5.41, 5.74) is 0.820. The van der Waals surface area contributed by atoms with Crippen LogP contribution in [0.25, 0.3) is 0 Å². The topological polar surface area (TPSA) is 33.2 Å². The first-order chi connectivity index (χ1) is 9.24. The van der Waals surface area contributed by atoms with E-state index in [2.05, 4.69) is 11.9 Å². The van der Waals surface area contributed by atoms with Crippen molar-refractivity contribution in [3.8, 4) is 0 Å². The molecule has 0 radical (unpaired) electrons. The second kappa shape index (κ2) is 5.43. The molecule has 19 heavy (non-hydrogen) atoms. The highest BCUT2D eigenvalue weighted by atomic mass is 32.1. The Labute approximate surface area is 120 Å². The molecule has 0 spiro atoms. The van der Waals surface area contributed by atoms with Crippen molar-refractivity contribution in [1.29, 1.82) is 0 Å². The summed E-state index contributed by atoms with van der Waals surface area (Å²) in [6.07, 6.45) is 4.14. The molecule has 1 atom stereocenters. The van der Waals surface area contributed by atoms with E-state index in [1.165, 1.54) is 9.88 Å². The molecule has 1 saturated heterocycles. The van der Waals surface area contributed by atoms with Gasteiger partial charge in [0.2, 0.25) is 0 Å². The number of hydrogen-bond acceptors (Lipinski definition) is 4. The number of aryl methyl sites for hydroxylation is 1. The SMILES string of the molecule is Cc1cnc(C2CCCN(C(=O)c3ccsc3)C2)s1. The van der Waals surface area contributed by atoms with Crippen molar-refractivity contribution in [3.63, 3.8) is 0 Å². The van der Waals surface area contributed by atoms with Crippen LogP contribution in [0.1, 0.15) is 39.0 Å². The highest BCUT2D eigenvalue weighted by molar-refractivity contribution is 7.11. The summed E-state index contributed by atoms with van der Waals surface area (Å²) in [5.74, 6) is 0.578. The zero-order valence-corrected chi connectivity index (χ0v) is 12.5. The smallest absolute Gasteiger partial charge is 0.254 e. The van der Waals surface area contributed by atoms with Gasteiger partial charge in [-0.3, -0.25) is 4.79 Å². The lowest BCUT2D eigenvalue weighted by Crippen LogP contribution is -2.38. The average molecular weight is 292 g/mol. The van der Waals surface area contributed by atoms with Gasteiger partial charge in [-0.2, -0.15) is 11.3 Å². The summed E-state index contributed by atoms with van der Waals surface area (Å²) in [7, 11) is 0. The molecule has 0 bridgehead atoms. The van der Waals surface area contributed by atoms with Crippen molar-refractivity contribution in [2.24, 2.45) is 0 Å². The summed E-state index contributed by atoms with van der Waals surface area (Å²) < 4.78 is 0. The van der Waals surface area contributed by atoms with E-state index in [0.717, 1.165) is 31.5 Å². The van der Waals surface area contributed by atoms with Crippen LogP contribution in [0.15, 0.2) is 23.0 Å². The Kier molecular flexibility index (Phi) is 3.66. The second-order valence-corrected chi connectivity index (χ2v) is 6.96. The molecule has 3 rings (SSSR count). The van der Waals surface area contributed by atoms with E-state index < -0.39 is 0 Å². The van der Waals surface area contributed by atoms with Gasteiger partial charge in [-0.05, 0) is 31.2 Å². The van der Waals surface area contributed by atoms with Crippen LogP contribution in [-0.4, -0.2) is 28.9 Å². The number of piperidine rings is 1. The molecule has 0 N–H and O–H groups in total. The van der Waals surface area contributed by atoms with Crippen LogP contribution >= 0.6 is 22.7 Å². The number of nitrogens with zero attached hydrogens (tertiary/aromatic N) is 2. The molecule has 1 amide bonds. The van der Waals surface area contributed by atoms with Crippen molar-refractivity contribution < 1.29 is 4.79 Å².